The van der Waals surface area contributed by atoms with Crippen LogP contribution >= 0.6 is 0 Å². The largest absolute Gasteiger partial charge is 0.360 e. The van der Waals surface area contributed by atoms with Crippen molar-refractivity contribution < 1.29 is 21.0 Å². The molecule has 4 aromatic rings. The third-order valence-corrected chi connectivity index (χ3v) is 8.56. The number of H-pyrrole nitrogens is 1. The van der Waals surface area contributed by atoms with Gasteiger partial charge in [-0.1, -0.05) is 48.0 Å². The van der Waals surface area contributed by atoms with E-state index in [1.54, 1.807) is 67.6 Å². The van der Waals surface area contributed by atoms with E-state index in [-0.39, 0.29) is 21.3 Å². The Bertz CT molecular complexity index is 1490. The van der Waals surface area contributed by atoms with Crippen molar-refractivity contribution >= 4 is 30.9 Å². The van der Waals surface area contributed by atoms with Gasteiger partial charge in [0.15, 0.2) is 0 Å². The van der Waals surface area contributed by atoms with Crippen molar-refractivity contribution in [2.24, 2.45) is 0 Å². The predicted octanol–water partition coefficient (Wildman–Crippen LogP) is 4.57. The Morgan fingerprint density at radius 1 is 0.844 bits per heavy atom. The highest BCUT2D eigenvalue weighted by atomic mass is 32.2. The van der Waals surface area contributed by atoms with Crippen LogP contribution in [0.5, 0.6) is 0 Å². The van der Waals surface area contributed by atoms with Crippen LogP contribution in [0.25, 0.3) is 10.9 Å². The molecule has 1 N–H and O–H groups in total. The lowest BCUT2D eigenvalue weighted by atomic mass is 10.1. The van der Waals surface area contributed by atoms with Crippen molar-refractivity contribution in [3.8, 4) is 0 Å². The second-order valence-corrected chi connectivity index (χ2v) is 11.1. The third-order valence-electron chi connectivity index (χ3n) is 5.28. The van der Waals surface area contributed by atoms with Crippen LogP contribution in [0, 0.1) is 13.8 Å². The fourth-order valence-electron chi connectivity index (χ4n) is 3.66. The van der Waals surface area contributed by atoms with Crippen molar-refractivity contribution in [3.05, 3.63) is 89.6 Å². The number of aryl methyl sites for hydroxylation is 2. The molecule has 0 aliphatic rings. The maximum atomic E-state index is 13.0. The van der Waals surface area contributed by atoms with Gasteiger partial charge < -0.3 is 4.98 Å². The van der Waals surface area contributed by atoms with E-state index in [9.17, 15) is 16.8 Å². The number of hydrogen-bond acceptors (Lipinski definition) is 5. The number of aromatic amines is 1. The summed E-state index contributed by atoms with van der Waals surface area (Å²) in [4.78, 5) is 3.62. The zero-order valence-electron chi connectivity index (χ0n) is 17.7. The lowest BCUT2D eigenvalue weighted by Crippen LogP contribution is -2.10. The molecule has 0 aliphatic heterocycles. The summed E-state index contributed by atoms with van der Waals surface area (Å²) in [7, 11) is -7.50. The molecule has 1 heterocycles. The van der Waals surface area contributed by atoms with Gasteiger partial charge in [-0.2, -0.15) is 8.42 Å². The average molecular weight is 470 g/mol. The molecule has 0 aliphatic carbocycles. The summed E-state index contributed by atoms with van der Waals surface area (Å²) >= 11 is 0. The minimum Gasteiger partial charge on any atom is -0.360 e. The number of hydrogen-bond donors (Lipinski definition) is 1. The number of sulfone groups is 1. The molecule has 1 aromatic heterocycles. The third kappa shape index (κ3) is 4.34. The summed E-state index contributed by atoms with van der Waals surface area (Å²) in [6.07, 6.45) is 1.85. The second-order valence-electron chi connectivity index (χ2n) is 7.64. The number of benzene rings is 3. The lowest BCUT2D eigenvalue weighted by Gasteiger charge is -2.09. The second kappa shape index (κ2) is 8.54. The topological polar surface area (TPSA) is 93.3 Å². The fraction of sp³-hybridized carbons (Fsp3) is 0.167. The van der Waals surface area contributed by atoms with Crippen LogP contribution in [-0.2, 0) is 30.6 Å². The zero-order chi connectivity index (χ0) is 22.9. The molecular formula is C24H23NO5S2. The van der Waals surface area contributed by atoms with Gasteiger partial charge in [0, 0.05) is 17.1 Å². The quantitative estimate of drug-likeness (QED) is 0.400. The number of nitrogens with one attached hydrogen (secondary N) is 1. The van der Waals surface area contributed by atoms with Crippen molar-refractivity contribution in [2.45, 2.75) is 35.0 Å². The van der Waals surface area contributed by atoms with Gasteiger partial charge in [-0.05, 0) is 55.7 Å². The Morgan fingerprint density at radius 3 is 2.31 bits per heavy atom. The molecule has 0 amide bonds. The minimum absolute atomic E-state index is 0.0168. The van der Waals surface area contributed by atoms with E-state index in [4.69, 9.17) is 4.18 Å². The zero-order valence-corrected chi connectivity index (χ0v) is 19.3. The van der Waals surface area contributed by atoms with E-state index in [1.165, 1.54) is 6.20 Å². The number of aromatic nitrogens is 1. The first-order valence-electron chi connectivity index (χ1n) is 10.1. The molecule has 8 heteroatoms. The highest BCUT2D eigenvalue weighted by Gasteiger charge is 2.22. The van der Waals surface area contributed by atoms with E-state index < -0.39 is 20.0 Å². The SMILES string of the molecule is Cc1ccc(S(=O)(=O)OCCc2ccc3c(S(=O)(=O)c4ccccc4)c[nH]c3c2)c(C)c1. The number of fused-ring (bicyclic) bond motifs is 1. The standard InChI is InChI=1S/C24H23NO5S2/c1-17-8-11-23(18(2)14-17)32(28,29)30-13-12-19-9-10-21-22(15-19)25-16-24(21)31(26,27)20-6-4-3-5-7-20/h3-11,14-16,25H,12-13H2,1-2H3. The molecule has 0 saturated heterocycles. The normalized spacial score (nSPS) is 12.3. The van der Waals surface area contributed by atoms with Crippen molar-refractivity contribution in [1.29, 1.82) is 0 Å². The maximum absolute atomic E-state index is 13.0. The number of rotatable bonds is 7. The van der Waals surface area contributed by atoms with E-state index in [0.29, 0.717) is 22.9 Å². The van der Waals surface area contributed by atoms with Gasteiger partial charge >= 0.3 is 0 Å². The van der Waals surface area contributed by atoms with Crippen molar-refractivity contribution in [2.75, 3.05) is 6.61 Å². The van der Waals surface area contributed by atoms with Crippen LogP contribution in [-0.4, -0.2) is 28.4 Å². The molecule has 0 bridgehead atoms. The van der Waals surface area contributed by atoms with Crippen LogP contribution < -0.4 is 0 Å². The van der Waals surface area contributed by atoms with Crippen LogP contribution in [0.3, 0.4) is 0 Å². The van der Waals surface area contributed by atoms with Gasteiger partial charge in [0.1, 0.15) is 0 Å². The first-order chi connectivity index (χ1) is 15.2. The molecule has 166 valence electrons. The van der Waals surface area contributed by atoms with E-state index in [1.807, 2.05) is 13.0 Å². The first kappa shape index (κ1) is 22.3. The Hall–Kier alpha value is -2.94. The molecule has 4 rings (SSSR count). The monoisotopic (exact) mass is 469 g/mol. The molecule has 3 aromatic carbocycles. The molecule has 0 radical (unpaired) electrons. The van der Waals surface area contributed by atoms with Crippen LogP contribution in [0.15, 0.2) is 87.6 Å². The van der Waals surface area contributed by atoms with Gasteiger partial charge in [0.05, 0.1) is 21.3 Å². The minimum atomic E-state index is -3.85. The average Bonchev–Trinajstić information content (AvgIpc) is 3.18. The Labute approximate surface area is 187 Å². The van der Waals surface area contributed by atoms with Crippen LogP contribution in [0.1, 0.15) is 16.7 Å². The molecule has 0 atom stereocenters. The summed E-state index contributed by atoms with van der Waals surface area (Å²) < 4.78 is 56.2. The molecule has 0 spiro atoms. The highest BCUT2D eigenvalue weighted by Crippen LogP contribution is 2.29. The summed E-state index contributed by atoms with van der Waals surface area (Å²) in [6.45, 7) is 3.62. The molecule has 6 nitrogen and oxygen atoms in total. The summed E-state index contributed by atoms with van der Waals surface area (Å²) in [5.74, 6) is 0. The van der Waals surface area contributed by atoms with Gasteiger partial charge in [0.25, 0.3) is 10.1 Å². The maximum Gasteiger partial charge on any atom is 0.297 e. The Kier molecular flexibility index (Phi) is 5.94. The lowest BCUT2D eigenvalue weighted by molar-refractivity contribution is 0.322. The van der Waals surface area contributed by atoms with Crippen molar-refractivity contribution in [1.82, 2.24) is 4.98 Å². The smallest absolute Gasteiger partial charge is 0.297 e. The summed E-state index contributed by atoms with van der Waals surface area (Å²) in [6, 6.07) is 18.7. The van der Waals surface area contributed by atoms with Crippen LogP contribution in [0.4, 0.5) is 0 Å². The van der Waals surface area contributed by atoms with Gasteiger partial charge in [-0.3, -0.25) is 4.18 Å². The molecule has 0 saturated carbocycles. The van der Waals surface area contributed by atoms with Gasteiger partial charge in [0.2, 0.25) is 9.84 Å². The first-order valence-corrected chi connectivity index (χ1v) is 12.9. The summed E-state index contributed by atoms with van der Waals surface area (Å²) in [5, 5.41) is 0.585. The van der Waals surface area contributed by atoms with Crippen LogP contribution in [0.2, 0.25) is 0 Å². The van der Waals surface area contributed by atoms with E-state index in [0.717, 1.165) is 11.1 Å². The molecule has 32 heavy (non-hydrogen) atoms. The van der Waals surface area contributed by atoms with Crippen molar-refractivity contribution in [3.63, 3.8) is 0 Å². The van der Waals surface area contributed by atoms with E-state index >= 15 is 0 Å². The van der Waals surface area contributed by atoms with Gasteiger partial charge in [-0.15, -0.1) is 0 Å². The fourth-order valence-corrected chi connectivity index (χ4v) is 6.23. The Balaban J connectivity index is 1.51. The molecular weight excluding hydrogens is 446 g/mol. The summed E-state index contributed by atoms with van der Waals surface area (Å²) in [5.41, 5.74) is 3.12. The van der Waals surface area contributed by atoms with E-state index in [2.05, 4.69) is 4.98 Å². The predicted molar refractivity (Wildman–Crippen MR) is 123 cm³/mol. The Morgan fingerprint density at radius 2 is 1.59 bits per heavy atom. The molecule has 0 fully saturated rings. The van der Waals surface area contributed by atoms with Gasteiger partial charge in [-0.25, -0.2) is 8.42 Å². The highest BCUT2D eigenvalue weighted by molar-refractivity contribution is 7.91. The molecule has 0 unspecified atom stereocenters.